The first-order chi connectivity index (χ1) is 7.00. The lowest BCUT2D eigenvalue weighted by Gasteiger charge is -2.02. The molecule has 1 rings (SSSR count). The second-order valence-electron chi connectivity index (χ2n) is 2.94. The predicted octanol–water partition coefficient (Wildman–Crippen LogP) is -0.214. The molecule has 0 saturated heterocycles. The van der Waals surface area contributed by atoms with Crippen molar-refractivity contribution in [3.8, 4) is 0 Å². The molecule has 0 aliphatic heterocycles. The number of guanidine groups is 1. The minimum Gasteiger partial charge on any atom is -0.369 e. The fraction of sp³-hybridized carbons (Fsp3) is 0.250. The standard InChI is InChI=1S/C8H13N7.ClH/c1-4-6(3-12-8(11)13-4)5(2)14-15-7(9)10;/h3H,1-2H3,(H4,9,10,15)(H2,11,12,13);1H/b14-5+;. The second kappa shape index (κ2) is 5.86. The first-order valence-corrected chi connectivity index (χ1v) is 4.23. The number of nitrogens with two attached hydrogens (primary N) is 3. The molecule has 0 aliphatic rings. The van der Waals surface area contributed by atoms with Crippen LogP contribution in [0.3, 0.4) is 0 Å². The largest absolute Gasteiger partial charge is 0.369 e. The number of rotatable bonds is 2. The van der Waals surface area contributed by atoms with Crippen LogP contribution in [0.2, 0.25) is 0 Å². The summed E-state index contributed by atoms with van der Waals surface area (Å²) in [7, 11) is 0. The zero-order valence-electron chi connectivity index (χ0n) is 9.01. The molecule has 0 aromatic carbocycles. The SMILES string of the molecule is C/C(=N\N=C(N)N)c1cnc(N)nc1C.Cl. The third kappa shape index (κ3) is 3.70. The summed E-state index contributed by atoms with van der Waals surface area (Å²) in [4.78, 5) is 7.86. The van der Waals surface area contributed by atoms with Gasteiger partial charge in [-0.25, -0.2) is 9.97 Å². The van der Waals surface area contributed by atoms with Gasteiger partial charge >= 0.3 is 0 Å². The monoisotopic (exact) mass is 243 g/mol. The fourth-order valence-electron chi connectivity index (χ4n) is 1.03. The molecule has 0 amide bonds. The molecule has 1 aromatic heterocycles. The van der Waals surface area contributed by atoms with E-state index in [-0.39, 0.29) is 24.3 Å². The summed E-state index contributed by atoms with van der Waals surface area (Å²) in [6.45, 7) is 3.57. The van der Waals surface area contributed by atoms with Crippen LogP contribution in [0.4, 0.5) is 5.95 Å². The Morgan fingerprint density at radius 3 is 2.44 bits per heavy atom. The highest BCUT2D eigenvalue weighted by atomic mass is 35.5. The van der Waals surface area contributed by atoms with Crippen LogP contribution in [-0.4, -0.2) is 21.6 Å². The maximum atomic E-state index is 5.42. The van der Waals surface area contributed by atoms with Gasteiger partial charge in [-0.05, 0) is 13.8 Å². The van der Waals surface area contributed by atoms with Crippen LogP contribution in [0, 0.1) is 6.92 Å². The highest BCUT2D eigenvalue weighted by Crippen LogP contribution is 2.06. The molecule has 0 spiro atoms. The summed E-state index contributed by atoms with van der Waals surface area (Å²) >= 11 is 0. The predicted molar refractivity (Wildman–Crippen MR) is 66.5 cm³/mol. The van der Waals surface area contributed by atoms with Gasteiger partial charge in [0.05, 0.1) is 11.4 Å². The molecule has 1 heterocycles. The topological polar surface area (TPSA) is 129 Å². The fourth-order valence-corrected chi connectivity index (χ4v) is 1.03. The van der Waals surface area contributed by atoms with Crippen molar-refractivity contribution < 1.29 is 0 Å². The second-order valence-corrected chi connectivity index (χ2v) is 2.94. The third-order valence-electron chi connectivity index (χ3n) is 1.70. The maximum Gasteiger partial charge on any atom is 0.220 e. The lowest BCUT2D eigenvalue weighted by atomic mass is 10.2. The number of halogens is 1. The van der Waals surface area contributed by atoms with Crippen molar-refractivity contribution in [2.45, 2.75) is 13.8 Å². The smallest absolute Gasteiger partial charge is 0.220 e. The molecular formula is C8H14ClN7. The molecule has 16 heavy (non-hydrogen) atoms. The number of nitrogen functional groups attached to an aromatic ring is 1. The molecule has 1 aromatic rings. The number of anilines is 1. The Morgan fingerprint density at radius 1 is 1.31 bits per heavy atom. The van der Waals surface area contributed by atoms with Crippen molar-refractivity contribution in [3.05, 3.63) is 17.5 Å². The molecule has 0 saturated carbocycles. The highest BCUT2D eigenvalue weighted by molar-refractivity contribution is 5.99. The van der Waals surface area contributed by atoms with Gasteiger partial charge in [0.25, 0.3) is 0 Å². The molecule has 8 heteroatoms. The lowest BCUT2D eigenvalue weighted by molar-refractivity contribution is 1.10. The van der Waals surface area contributed by atoms with Crippen LogP contribution in [0.5, 0.6) is 0 Å². The van der Waals surface area contributed by atoms with Crippen molar-refractivity contribution in [2.75, 3.05) is 5.73 Å². The zero-order chi connectivity index (χ0) is 11.4. The summed E-state index contributed by atoms with van der Waals surface area (Å²) in [6.07, 6.45) is 1.58. The molecule has 6 N–H and O–H groups in total. The summed E-state index contributed by atoms with van der Waals surface area (Å²) < 4.78 is 0. The van der Waals surface area contributed by atoms with E-state index in [1.807, 2.05) is 6.92 Å². The van der Waals surface area contributed by atoms with Gasteiger partial charge in [-0.1, -0.05) is 0 Å². The zero-order valence-corrected chi connectivity index (χ0v) is 9.82. The van der Waals surface area contributed by atoms with Crippen molar-refractivity contribution in [3.63, 3.8) is 0 Å². The van der Waals surface area contributed by atoms with E-state index < -0.39 is 0 Å². The van der Waals surface area contributed by atoms with Crippen LogP contribution >= 0.6 is 12.4 Å². The quantitative estimate of drug-likeness (QED) is 0.376. The van der Waals surface area contributed by atoms with Crippen LogP contribution in [0.1, 0.15) is 18.2 Å². The van der Waals surface area contributed by atoms with Gasteiger partial charge in [-0.3, -0.25) is 0 Å². The van der Waals surface area contributed by atoms with Crippen LogP contribution in [0.15, 0.2) is 16.4 Å². The minimum absolute atomic E-state index is 0. The number of hydrogen-bond acceptors (Lipinski definition) is 5. The summed E-state index contributed by atoms with van der Waals surface area (Å²) in [5, 5.41) is 7.36. The average Bonchev–Trinajstić information content (AvgIpc) is 2.14. The Hall–Kier alpha value is -1.89. The van der Waals surface area contributed by atoms with E-state index in [1.165, 1.54) is 0 Å². The summed E-state index contributed by atoms with van der Waals surface area (Å²) in [5.74, 6) is 0.134. The summed E-state index contributed by atoms with van der Waals surface area (Å²) in [6, 6.07) is 0. The molecule has 0 aliphatic carbocycles. The molecular weight excluding hydrogens is 230 g/mol. The number of nitrogens with zero attached hydrogens (tertiary/aromatic N) is 4. The third-order valence-corrected chi connectivity index (χ3v) is 1.70. The summed E-state index contributed by atoms with van der Waals surface area (Å²) in [5.41, 5.74) is 17.8. The van der Waals surface area contributed by atoms with Gasteiger partial charge in [-0.2, -0.15) is 5.10 Å². The molecule has 0 fully saturated rings. The van der Waals surface area contributed by atoms with Gasteiger partial charge in [0, 0.05) is 11.8 Å². The Bertz CT molecular complexity index is 422. The van der Waals surface area contributed by atoms with Crippen molar-refractivity contribution in [2.24, 2.45) is 21.7 Å². The van der Waals surface area contributed by atoms with E-state index in [2.05, 4.69) is 20.2 Å². The minimum atomic E-state index is -0.0941. The first-order valence-electron chi connectivity index (χ1n) is 4.23. The first kappa shape index (κ1) is 14.1. The van der Waals surface area contributed by atoms with Gasteiger partial charge in [0.2, 0.25) is 11.9 Å². The van der Waals surface area contributed by atoms with Gasteiger partial charge in [0.15, 0.2) is 0 Å². The Balaban J connectivity index is 0.00000225. The van der Waals surface area contributed by atoms with Gasteiger partial charge in [-0.15, -0.1) is 17.5 Å². The van der Waals surface area contributed by atoms with Crippen LogP contribution in [0.25, 0.3) is 0 Å². The van der Waals surface area contributed by atoms with E-state index >= 15 is 0 Å². The van der Waals surface area contributed by atoms with Crippen molar-refractivity contribution in [1.82, 2.24) is 9.97 Å². The van der Waals surface area contributed by atoms with E-state index in [9.17, 15) is 0 Å². The van der Waals surface area contributed by atoms with E-state index in [4.69, 9.17) is 17.2 Å². The number of aromatic nitrogens is 2. The molecule has 0 radical (unpaired) electrons. The normalized spacial score (nSPS) is 10.5. The molecule has 0 unspecified atom stereocenters. The Labute approximate surface area is 99.3 Å². The van der Waals surface area contributed by atoms with E-state index in [0.29, 0.717) is 5.71 Å². The number of hydrogen-bond donors (Lipinski definition) is 3. The van der Waals surface area contributed by atoms with Crippen LogP contribution in [-0.2, 0) is 0 Å². The molecule has 88 valence electrons. The average molecular weight is 244 g/mol. The van der Waals surface area contributed by atoms with Gasteiger partial charge in [0.1, 0.15) is 0 Å². The molecule has 0 bridgehead atoms. The maximum absolute atomic E-state index is 5.42. The number of aryl methyl sites for hydroxylation is 1. The van der Waals surface area contributed by atoms with Crippen molar-refractivity contribution in [1.29, 1.82) is 0 Å². The van der Waals surface area contributed by atoms with Crippen LogP contribution < -0.4 is 17.2 Å². The van der Waals surface area contributed by atoms with E-state index in [0.717, 1.165) is 11.3 Å². The van der Waals surface area contributed by atoms with Gasteiger partial charge < -0.3 is 17.2 Å². The molecule has 7 nitrogen and oxygen atoms in total. The van der Waals surface area contributed by atoms with Crippen molar-refractivity contribution >= 4 is 30.0 Å². The van der Waals surface area contributed by atoms with E-state index in [1.54, 1.807) is 13.1 Å². The highest BCUT2D eigenvalue weighted by Gasteiger charge is 2.04. The Kier molecular flexibility index (Phi) is 5.17. The Morgan fingerprint density at radius 2 is 1.94 bits per heavy atom. The lowest BCUT2D eigenvalue weighted by Crippen LogP contribution is -2.22. The molecule has 0 atom stereocenters.